The van der Waals surface area contributed by atoms with E-state index in [1.807, 2.05) is 20.9 Å². The van der Waals surface area contributed by atoms with Gasteiger partial charge in [0, 0.05) is 6.04 Å². The molecule has 1 rings (SSSR count). The van der Waals surface area contributed by atoms with E-state index in [0.29, 0.717) is 6.04 Å². The third-order valence-corrected chi connectivity index (χ3v) is 2.10. The minimum Gasteiger partial charge on any atom is -0.392 e. The van der Waals surface area contributed by atoms with Crippen LogP contribution in [0.3, 0.4) is 0 Å². The van der Waals surface area contributed by atoms with E-state index in [4.69, 9.17) is 0 Å². The molecule has 2 heteroatoms. The third-order valence-electron chi connectivity index (χ3n) is 2.10. The summed E-state index contributed by atoms with van der Waals surface area (Å²) >= 11 is 0. The summed E-state index contributed by atoms with van der Waals surface area (Å²) in [5, 5.41) is 12.4. The first kappa shape index (κ1) is 10.9. The molecule has 1 aliphatic carbocycles. The standard InChI is InChI=1S/C7H15NO.C2H6/c1-8-6-4-2-3-5-7(6)9;1-2/h6-9H,2-5H2,1H3;1-2H3. The van der Waals surface area contributed by atoms with Crippen LogP contribution in [0.15, 0.2) is 0 Å². The summed E-state index contributed by atoms with van der Waals surface area (Å²) in [6.07, 6.45) is 4.48. The summed E-state index contributed by atoms with van der Waals surface area (Å²) in [7, 11) is 1.92. The molecule has 0 aromatic carbocycles. The average molecular weight is 159 g/mol. The zero-order valence-corrected chi connectivity index (χ0v) is 7.93. The fraction of sp³-hybridized carbons (Fsp3) is 1.00. The zero-order valence-electron chi connectivity index (χ0n) is 7.93. The molecule has 2 N–H and O–H groups in total. The molecule has 1 saturated carbocycles. The van der Waals surface area contributed by atoms with Gasteiger partial charge in [0.1, 0.15) is 0 Å². The van der Waals surface area contributed by atoms with Crippen molar-refractivity contribution in [2.45, 2.75) is 51.7 Å². The van der Waals surface area contributed by atoms with Crippen molar-refractivity contribution < 1.29 is 5.11 Å². The maximum atomic E-state index is 9.31. The maximum Gasteiger partial charge on any atom is 0.0693 e. The van der Waals surface area contributed by atoms with Crippen molar-refractivity contribution in [3.05, 3.63) is 0 Å². The Morgan fingerprint density at radius 1 is 1.18 bits per heavy atom. The lowest BCUT2D eigenvalue weighted by molar-refractivity contribution is 0.0948. The van der Waals surface area contributed by atoms with Gasteiger partial charge < -0.3 is 10.4 Å². The Hall–Kier alpha value is -0.0800. The Morgan fingerprint density at radius 3 is 2.09 bits per heavy atom. The summed E-state index contributed by atoms with van der Waals surface area (Å²) in [6, 6.07) is 0.360. The minimum atomic E-state index is -0.0938. The number of nitrogens with one attached hydrogen (secondary N) is 1. The smallest absolute Gasteiger partial charge is 0.0693 e. The molecule has 0 aromatic rings. The fourth-order valence-corrected chi connectivity index (χ4v) is 1.45. The summed E-state index contributed by atoms with van der Waals surface area (Å²) in [4.78, 5) is 0. The van der Waals surface area contributed by atoms with Gasteiger partial charge in [-0.3, -0.25) is 0 Å². The second-order valence-corrected chi connectivity index (χ2v) is 2.75. The summed E-state index contributed by atoms with van der Waals surface area (Å²) in [5.74, 6) is 0. The second kappa shape index (κ2) is 6.62. The number of rotatable bonds is 1. The highest BCUT2D eigenvalue weighted by atomic mass is 16.3. The Bertz CT molecular complexity index is 85.6. The highest BCUT2D eigenvalue weighted by Crippen LogP contribution is 2.17. The van der Waals surface area contributed by atoms with Crippen molar-refractivity contribution in [3.63, 3.8) is 0 Å². The van der Waals surface area contributed by atoms with Crippen LogP contribution in [0.1, 0.15) is 39.5 Å². The minimum absolute atomic E-state index is 0.0938. The summed E-state index contributed by atoms with van der Waals surface area (Å²) in [6.45, 7) is 4.00. The van der Waals surface area contributed by atoms with Crippen LogP contribution in [0.25, 0.3) is 0 Å². The first-order chi connectivity index (χ1) is 5.34. The van der Waals surface area contributed by atoms with Crippen molar-refractivity contribution in [2.75, 3.05) is 7.05 Å². The molecule has 0 aromatic heterocycles. The van der Waals surface area contributed by atoms with Crippen molar-refractivity contribution in [1.82, 2.24) is 5.32 Å². The van der Waals surface area contributed by atoms with Crippen LogP contribution in [-0.4, -0.2) is 24.3 Å². The van der Waals surface area contributed by atoms with Gasteiger partial charge in [-0.25, -0.2) is 0 Å². The molecule has 2 unspecified atom stereocenters. The summed E-state index contributed by atoms with van der Waals surface area (Å²) < 4.78 is 0. The van der Waals surface area contributed by atoms with Gasteiger partial charge in [-0.2, -0.15) is 0 Å². The van der Waals surface area contributed by atoms with E-state index in [2.05, 4.69) is 5.32 Å². The summed E-state index contributed by atoms with van der Waals surface area (Å²) in [5.41, 5.74) is 0. The molecule has 0 saturated heterocycles. The molecule has 2 nitrogen and oxygen atoms in total. The molecule has 1 fully saturated rings. The van der Waals surface area contributed by atoms with Crippen molar-refractivity contribution in [2.24, 2.45) is 0 Å². The average Bonchev–Trinajstić information content (AvgIpc) is 2.09. The van der Waals surface area contributed by atoms with Crippen LogP contribution < -0.4 is 5.32 Å². The highest BCUT2D eigenvalue weighted by Gasteiger charge is 2.20. The van der Waals surface area contributed by atoms with Crippen LogP contribution >= 0.6 is 0 Å². The van der Waals surface area contributed by atoms with Gasteiger partial charge in [-0.15, -0.1) is 0 Å². The normalized spacial score (nSPS) is 30.5. The Morgan fingerprint density at radius 2 is 1.73 bits per heavy atom. The lowest BCUT2D eigenvalue weighted by Gasteiger charge is -2.26. The SMILES string of the molecule is CC.CNC1CCCCC1O. The lowest BCUT2D eigenvalue weighted by Crippen LogP contribution is -2.39. The predicted octanol–water partition coefficient (Wildman–Crippen LogP) is 1.54. The quantitative estimate of drug-likeness (QED) is 0.608. The molecule has 0 spiro atoms. The van der Waals surface area contributed by atoms with Crippen LogP contribution in [0.5, 0.6) is 0 Å². The van der Waals surface area contributed by atoms with Crippen molar-refractivity contribution >= 4 is 0 Å². The maximum absolute atomic E-state index is 9.31. The molecular weight excluding hydrogens is 138 g/mol. The molecule has 68 valence electrons. The van der Waals surface area contributed by atoms with Crippen LogP contribution in [0, 0.1) is 0 Å². The van der Waals surface area contributed by atoms with Gasteiger partial charge >= 0.3 is 0 Å². The number of hydrogen-bond donors (Lipinski definition) is 2. The molecule has 0 aliphatic heterocycles. The molecule has 0 amide bonds. The molecule has 0 bridgehead atoms. The molecule has 0 heterocycles. The predicted molar refractivity (Wildman–Crippen MR) is 48.7 cm³/mol. The van der Waals surface area contributed by atoms with E-state index < -0.39 is 0 Å². The molecular formula is C9H21NO. The zero-order chi connectivity index (χ0) is 8.69. The first-order valence-electron chi connectivity index (χ1n) is 4.70. The van der Waals surface area contributed by atoms with Gasteiger partial charge in [0.2, 0.25) is 0 Å². The van der Waals surface area contributed by atoms with E-state index in [1.165, 1.54) is 12.8 Å². The van der Waals surface area contributed by atoms with Crippen LogP contribution in [0.4, 0.5) is 0 Å². The van der Waals surface area contributed by atoms with Gasteiger partial charge in [0.05, 0.1) is 6.10 Å². The molecule has 11 heavy (non-hydrogen) atoms. The van der Waals surface area contributed by atoms with E-state index in [-0.39, 0.29) is 6.10 Å². The van der Waals surface area contributed by atoms with E-state index in [1.54, 1.807) is 0 Å². The molecule has 0 radical (unpaired) electrons. The topological polar surface area (TPSA) is 32.3 Å². The molecule has 2 atom stereocenters. The van der Waals surface area contributed by atoms with Gasteiger partial charge in [-0.1, -0.05) is 26.7 Å². The largest absolute Gasteiger partial charge is 0.392 e. The highest BCUT2D eigenvalue weighted by molar-refractivity contribution is 4.78. The van der Waals surface area contributed by atoms with Gasteiger partial charge in [-0.05, 0) is 19.9 Å². The first-order valence-corrected chi connectivity index (χ1v) is 4.70. The van der Waals surface area contributed by atoms with E-state index >= 15 is 0 Å². The van der Waals surface area contributed by atoms with Gasteiger partial charge in [0.15, 0.2) is 0 Å². The number of likely N-dealkylation sites (N-methyl/N-ethyl adjacent to an activating group) is 1. The number of aliphatic hydroxyl groups is 1. The third kappa shape index (κ3) is 3.73. The Labute approximate surface area is 70.0 Å². The Kier molecular flexibility index (Phi) is 6.57. The van der Waals surface area contributed by atoms with Gasteiger partial charge in [0.25, 0.3) is 0 Å². The second-order valence-electron chi connectivity index (χ2n) is 2.75. The van der Waals surface area contributed by atoms with Crippen LogP contribution in [0.2, 0.25) is 0 Å². The molecule has 1 aliphatic rings. The number of aliphatic hydroxyl groups excluding tert-OH is 1. The van der Waals surface area contributed by atoms with Crippen LogP contribution in [-0.2, 0) is 0 Å². The Balaban J connectivity index is 0.000000461. The van der Waals surface area contributed by atoms with Crippen molar-refractivity contribution in [1.29, 1.82) is 0 Å². The van der Waals surface area contributed by atoms with E-state index in [9.17, 15) is 5.11 Å². The number of hydrogen-bond acceptors (Lipinski definition) is 2. The fourth-order valence-electron chi connectivity index (χ4n) is 1.45. The monoisotopic (exact) mass is 159 g/mol. The van der Waals surface area contributed by atoms with E-state index in [0.717, 1.165) is 12.8 Å². The lowest BCUT2D eigenvalue weighted by atomic mass is 9.93. The van der Waals surface area contributed by atoms with Crippen molar-refractivity contribution in [3.8, 4) is 0 Å².